The highest BCUT2D eigenvalue weighted by Crippen LogP contribution is 2.27. The van der Waals surface area contributed by atoms with E-state index in [2.05, 4.69) is 5.32 Å². The molecule has 0 spiro atoms. The number of pyridine rings is 1. The number of hydrogen-bond donors (Lipinski definition) is 1. The van der Waals surface area contributed by atoms with Crippen LogP contribution < -0.4 is 10.9 Å². The van der Waals surface area contributed by atoms with Gasteiger partial charge in [-0.05, 0) is 69.5 Å². The lowest BCUT2D eigenvalue weighted by Gasteiger charge is -2.15. The molecule has 0 aliphatic carbocycles. The molecule has 2 aromatic carbocycles. The van der Waals surface area contributed by atoms with Crippen LogP contribution >= 0.6 is 0 Å². The normalized spacial score (nSPS) is 11.2. The molecule has 0 atom stereocenters. The number of anilines is 1. The van der Waals surface area contributed by atoms with E-state index in [1.807, 2.05) is 52.0 Å². The third-order valence-corrected chi connectivity index (χ3v) is 5.99. The van der Waals surface area contributed by atoms with E-state index in [0.29, 0.717) is 12.1 Å². The van der Waals surface area contributed by atoms with Gasteiger partial charge in [-0.3, -0.25) is 14.2 Å². The van der Waals surface area contributed by atoms with E-state index in [4.69, 9.17) is 5.10 Å². The lowest BCUT2D eigenvalue weighted by Crippen LogP contribution is -2.27. The Labute approximate surface area is 195 Å². The fourth-order valence-corrected chi connectivity index (χ4v) is 4.34. The molecule has 1 N–H and O–H groups in total. The quantitative estimate of drug-likeness (QED) is 0.438. The van der Waals surface area contributed by atoms with E-state index < -0.39 is 11.6 Å². The van der Waals surface area contributed by atoms with Crippen LogP contribution in [0.25, 0.3) is 16.7 Å². The monoisotopic (exact) mass is 464 g/mol. The number of amides is 1. The average Bonchev–Trinajstić information content (AvgIpc) is 3.13. The number of aryl methyl sites for hydroxylation is 4. The summed E-state index contributed by atoms with van der Waals surface area (Å²) in [4.78, 5) is 25.9. The molecule has 4 aromatic rings. The zero-order chi connectivity index (χ0) is 24.6. The molecule has 1 amide bonds. The number of fused-ring (bicyclic) bond motifs is 1. The van der Waals surface area contributed by atoms with Crippen LogP contribution in [0.1, 0.15) is 35.7 Å². The van der Waals surface area contributed by atoms with E-state index in [9.17, 15) is 18.4 Å². The van der Waals surface area contributed by atoms with E-state index in [1.165, 1.54) is 6.07 Å². The van der Waals surface area contributed by atoms with Crippen molar-refractivity contribution in [2.45, 2.75) is 47.1 Å². The first-order valence-corrected chi connectivity index (χ1v) is 11.1. The predicted molar refractivity (Wildman–Crippen MR) is 129 cm³/mol. The number of carbonyl (C=O) groups excluding carboxylic acids is 1. The minimum absolute atomic E-state index is 0.0232. The molecule has 0 fully saturated rings. The highest BCUT2D eigenvalue weighted by Gasteiger charge is 2.21. The predicted octanol–water partition coefficient (Wildman–Crippen LogP) is 4.98. The van der Waals surface area contributed by atoms with Crippen LogP contribution in [0.15, 0.2) is 47.3 Å². The summed E-state index contributed by atoms with van der Waals surface area (Å²) in [5, 5.41) is 8.17. The first-order valence-electron chi connectivity index (χ1n) is 11.1. The largest absolute Gasteiger partial charge is 0.326 e. The molecule has 8 heteroatoms. The third-order valence-electron chi connectivity index (χ3n) is 5.99. The third kappa shape index (κ3) is 4.23. The number of aromatic nitrogens is 3. The van der Waals surface area contributed by atoms with Crippen molar-refractivity contribution in [3.8, 4) is 5.69 Å². The van der Waals surface area contributed by atoms with E-state index in [-0.39, 0.29) is 30.0 Å². The van der Waals surface area contributed by atoms with Crippen molar-refractivity contribution in [1.29, 1.82) is 0 Å². The fourth-order valence-electron chi connectivity index (χ4n) is 4.34. The van der Waals surface area contributed by atoms with Gasteiger partial charge in [-0.1, -0.05) is 12.1 Å². The molecule has 0 aliphatic heterocycles. The van der Waals surface area contributed by atoms with Gasteiger partial charge in [0.25, 0.3) is 5.56 Å². The van der Waals surface area contributed by atoms with Gasteiger partial charge in [0.15, 0.2) is 11.6 Å². The highest BCUT2D eigenvalue weighted by atomic mass is 19.2. The number of nitrogens with one attached hydrogen (secondary N) is 1. The zero-order valence-electron chi connectivity index (χ0n) is 19.6. The topological polar surface area (TPSA) is 68.9 Å². The summed E-state index contributed by atoms with van der Waals surface area (Å²) in [5.74, 6) is -2.41. The molecule has 2 aromatic heterocycles. The number of benzene rings is 2. The fraction of sp³-hybridized carbons (Fsp3) is 0.269. The summed E-state index contributed by atoms with van der Waals surface area (Å²) < 4.78 is 30.0. The van der Waals surface area contributed by atoms with Crippen LogP contribution in [0.4, 0.5) is 14.5 Å². The zero-order valence-corrected chi connectivity index (χ0v) is 19.6. The van der Waals surface area contributed by atoms with Crippen molar-refractivity contribution in [2.24, 2.45) is 0 Å². The summed E-state index contributed by atoms with van der Waals surface area (Å²) in [7, 11) is 0. The molecule has 2 heterocycles. The molecule has 176 valence electrons. The van der Waals surface area contributed by atoms with E-state index in [0.717, 1.165) is 45.7 Å². The smallest absolute Gasteiger partial charge is 0.255 e. The second-order valence-corrected chi connectivity index (χ2v) is 8.36. The minimum Gasteiger partial charge on any atom is -0.326 e. The molecule has 0 unspecified atom stereocenters. The molecule has 0 saturated heterocycles. The van der Waals surface area contributed by atoms with Crippen molar-refractivity contribution >= 4 is 22.6 Å². The van der Waals surface area contributed by atoms with Gasteiger partial charge >= 0.3 is 0 Å². The van der Waals surface area contributed by atoms with Crippen LogP contribution in [0, 0.1) is 32.4 Å². The lowest BCUT2D eigenvalue weighted by atomic mass is 10.0. The van der Waals surface area contributed by atoms with Gasteiger partial charge in [0.1, 0.15) is 5.65 Å². The lowest BCUT2D eigenvalue weighted by molar-refractivity contribution is -0.116. The molecule has 0 radical (unpaired) electrons. The van der Waals surface area contributed by atoms with Crippen LogP contribution in [0.2, 0.25) is 0 Å². The van der Waals surface area contributed by atoms with Crippen molar-refractivity contribution in [3.63, 3.8) is 0 Å². The van der Waals surface area contributed by atoms with E-state index >= 15 is 0 Å². The molecular formula is C26H26F2N4O2. The maximum atomic E-state index is 13.4. The summed E-state index contributed by atoms with van der Waals surface area (Å²) in [6, 6.07) is 11.1. The van der Waals surface area contributed by atoms with Gasteiger partial charge < -0.3 is 5.32 Å². The van der Waals surface area contributed by atoms with Crippen LogP contribution in [0.3, 0.4) is 0 Å². The maximum Gasteiger partial charge on any atom is 0.255 e. The number of nitrogens with zero attached hydrogens (tertiary/aromatic N) is 3. The summed E-state index contributed by atoms with van der Waals surface area (Å²) in [5.41, 5.74) is 4.82. The highest BCUT2D eigenvalue weighted by molar-refractivity contribution is 5.91. The number of carbonyl (C=O) groups is 1. The summed E-state index contributed by atoms with van der Waals surface area (Å²) in [6.07, 6.45) is 0.237. The summed E-state index contributed by atoms with van der Waals surface area (Å²) >= 11 is 0. The molecule has 6 nitrogen and oxygen atoms in total. The number of halogens is 2. The Hall–Kier alpha value is -3.81. The second kappa shape index (κ2) is 9.21. The van der Waals surface area contributed by atoms with Gasteiger partial charge in [0.2, 0.25) is 5.91 Å². The Bertz CT molecular complexity index is 1470. The standard InChI is InChI=1S/C26H26F2N4O2/c1-5-31-25-24(17(4)30-32(25)19-8-6-7-15(2)13-19)16(3)20(26(31)34)10-12-23(33)29-18-9-11-21(27)22(28)14-18/h6-9,11,13-14H,5,10,12H2,1-4H3,(H,29,33). The Balaban J connectivity index is 1.70. The molecular weight excluding hydrogens is 438 g/mol. The molecule has 34 heavy (non-hydrogen) atoms. The number of rotatable bonds is 6. The average molecular weight is 465 g/mol. The Morgan fingerprint density at radius 2 is 1.82 bits per heavy atom. The van der Waals surface area contributed by atoms with Crippen molar-refractivity contribution in [3.05, 3.63) is 86.8 Å². The van der Waals surface area contributed by atoms with Crippen molar-refractivity contribution in [2.75, 3.05) is 5.32 Å². The van der Waals surface area contributed by atoms with Gasteiger partial charge in [0, 0.05) is 35.7 Å². The Morgan fingerprint density at radius 3 is 2.50 bits per heavy atom. The first kappa shape index (κ1) is 23.4. The second-order valence-electron chi connectivity index (χ2n) is 8.36. The van der Waals surface area contributed by atoms with Gasteiger partial charge in [-0.15, -0.1) is 0 Å². The van der Waals surface area contributed by atoms with E-state index in [1.54, 1.807) is 9.25 Å². The first-order chi connectivity index (χ1) is 16.2. The SMILES string of the molecule is CCn1c(=O)c(CCC(=O)Nc2ccc(F)c(F)c2)c(C)c2c(C)nn(-c3cccc(C)c3)c21. The van der Waals surface area contributed by atoms with Crippen LogP contribution in [-0.2, 0) is 17.8 Å². The van der Waals surface area contributed by atoms with Crippen molar-refractivity contribution in [1.82, 2.24) is 14.3 Å². The van der Waals surface area contributed by atoms with Crippen molar-refractivity contribution < 1.29 is 13.6 Å². The Morgan fingerprint density at radius 1 is 1.06 bits per heavy atom. The van der Waals surface area contributed by atoms with Crippen LogP contribution in [0.5, 0.6) is 0 Å². The van der Waals surface area contributed by atoms with Gasteiger partial charge in [-0.25, -0.2) is 13.5 Å². The Kier molecular flexibility index (Phi) is 6.32. The van der Waals surface area contributed by atoms with Gasteiger partial charge in [-0.2, -0.15) is 5.10 Å². The summed E-state index contributed by atoms with van der Waals surface area (Å²) in [6.45, 7) is 8.14. The van der Waals surface area contributed by atoms with Crippen LogP contribution in [-0.4, -0.2) is 20.3 Å². The molecule has 4 rings (SSSR count). The molecule has 0 bridgehead atoms. The number of hydrogen-bond acceptors (Lipinski definition) is 3. The van der Waals surface area contributed by atoms with Gasteiger partial charge in [0.05, 0.1) is 11.4 Å². The minimum atomic E-state index is -1.04. The molecule has 0 aliphatic rings. The maximum absolute atomic E-state index is 13.4. The molecule has 0 saturated carbocycles.